The van der Waals surface area contributed by atoms with Crippen LogP contribution in [0.4, 0.5) is 10.2 Å². The zero-order chi connectivity index (χ0) is 23.4. The van der Waals surface area contributed by atoms with Gasteiger partial charge in [-0.2, -0.15) is 0 Å². The van der Waals surface area contributed by atoms with Gasteiger partial charge in [-0.3, -0.25) is 4.79 Å². The van der Waals surface area contributed by atoms with Gasteiger partial charge in [-0.25, -0.2) is 9.37 Å². The molecule has 0 saturated carbocycles. The highest BCUT2D eigenvalue weighted by Gasteiger charge is 2.26. The van der Waals surface area contributed by atoms with Crippen molar-refractivity contribution in [2.45, 2.75) is 31.6 Å². The molecule has 9 heteroatoms. The highest BCUT2D eigenvalue weighted by Crippen LogP contribution is 2.27. The molecular weight excluding hydrogens is 445 g/mol. The van der Waals surface area contributed by atoms with Crippen LogP contribution in [0.5, 0.6) is 0 Å². The lowest BCUT2D eigenvalue weighted by molar-refractivity contribution is 0.0285. The molecule has 1 aliphatic rings. The molecule has 3 atom stereocenters. The third-order valence-electron chi connectivity index (χ3n) is 5.75. The predicted molar refractivity (Wildman–Crippen MR) is 127 cm³/mol. The van der Waals surface area contributed by atoms with Gasteiger partial charge < -0.3 is 26.1 Å². The fourth-order valence-corrected chi connectivity index (χ4v) is 4.09. The van der Waals surface area contributed by atoms with Gasteiger partial charge in [0.25, 0.3) is 5.91 Å². The minimum atomic E-state index is -1.08. The average Bonchev–Trinajstić information content (AvgIpc) is 3.30. The molecular formula is C24H27ClFN5O2. The number of H-pyrrole nitrogens is 1. The van der Waals surface area contributed by atoms with Crippen LogP contribution in [0.1, 0.15) is 34.1 Å². The van der Waals surface area contributed by atoms with Crippen LogP contribution in [-0.4, -0.2) is 47.8 Å². The second-order valence-electron chi connectivity index (χ2n) is 8.13. The number of amides is 1. The van der Waals surface area contributed by atoms with Crippen LogP contribution in [-0.2, 0) is 4.74 Å². The third-order valence-corrected chi connectivity index (χ3v) is 5.99. The largest absolute Gasteiger partial charge is 0.378 e. The summed E-state index contributed by atoms with van der Waals surface area (Å²) in [6.45, 7) is 2.78. The number of rotatable bonds is 7. The van der Waals surface area contributed by atoms with Crippen LogP contribution in [0.15, 0.2) is 48.8 Å². The van der Waals surface area contributed by atoms with Crippen LogP contribution >= 0.6 is 11.6 Å². The van der Waals surface area contributed by atoms with Crippen molar-refractivity contribution in [3.05, 3.63) is 70.6 Å². The van der Waals surface area contributed by atoms with Gasteiger partial charge in [-0.15, -0.1) is 0 Å². The van der Waals surface area contributed by atoms with E-state index in [4.69, 9.17) is 22.1 Å². The van der Waals surface area contributed by atoms with Crippen molar-refractivity contribution in [1.82, 2.24) is 15.3 Å². The Morgan fingerprint density at radius 1 is 1.39 bits per heavy atom. The standard InChI is InChI=1S/C24H27ClFN5O2/c1-14-11-29-23(30-20-5-6-33-13-19(20)26)9-18(14)16-8-21(28-12-16)24(32)31-22(10-27)15-3-2-4-17(25)7-15/h2-4,7-9,11-12,19-20,22,28H,5-6,10,13,27H2,1H3,(H,29,30)(H,31,32)/t19-,20-,22-/m1/s1. The minimum absolute atomic E-state index is 0.0889. The molecule has 0 unspecified atom stereocenters. The number of aromatic amines is 1. The first-order valence-corrected chi connectivity index (χ1v) is 11.2. The van der Waals surface area contributed by atoms with Gasteiger partial charge in [0, 0.05) is 36.1 Å². The van der Waals surface area contributed by atoms with E-state index in [0.717, 1.165) is 22.3 Å². The lowest BCUT2D eigenvalue weighted by Gasteiger charge is -2.27. The summed E-state index contributed by atoms with van der Waals surface area (Å²) in [5, 5.41) is 6.70. The highest BCUT2D eigenvalue weighted by atomic mass is 35.5. The number of aryl methyl sites for hydroxylation is 1. The Bertz CT molecular complexity index is 1120. The molecule has 33 heavy (non-hydrogen) atoms. The van der Waals surface area contributed by atoms with E-state index in [1.807, 2.05) is 25.1 Å². The number of hydrogen-bond donors (Lipinski definition) is 4. The number of carbonyl (C=O) groups is 1. The SMILES string of the molecule is Cc1cnc(N[C@@H]2CCOC[C@H]2F)cc1-c1c[nH]c(C(=O)N[C@H](CN)c2cccc(Cl)c2)c1. The molecule has 0 bridgehead atoms. The van der Waals surface area contributed by atoms with E-state index in [9.17, 15) is 9.18 Å². The number of benzene rings is 1. The minimum Gasteiger partial charge on any atom is -0.378 e. The fourth-order valence-electron chi connectivity index (χ4n) is 3.89. The summed E-state index contributed by atoms with van der Waals surface area (Å²) in [4.78, 5) is 20.3. The topological polar surface area (TPSA) is 105 Å². The Morgan fingerprint density at radius 3 is 3.00 bits per heavy atom. The Hall–Kier alpha value is -2.94. The number of halogens is 2. The second kappa shape index (κ2) is 10.3. The molecule has 1 saturated heterocycles. The lowest BCUT2D eigenvalue weighted by Crippen LogP contribution is -2.39. The number of nitrogens with zero attached hydrogens (tertiary/aromatic N) is 1. The number of pyridine rings is 1. The first kappa shape index (κ1) is 23.2. The number of nitrogens with two attached hydrogens (primary N) is 1. The molecule has 1 aromatic carbocycles. The first-order valence-electron chi connectivity index (χ1n) is 10.8. The first-order chi connectivity index (χ1) is 15.9. The summed E-state index contributed by atoms with van der Waals surface area (Å²) in [7, 11) is 0. The number of anilines is 1. The monoisotopic (exact) mass is 471 g/mol. The van der Waals surface area contributed by atoms with E-state index in [2.05, 4.69) is 20.6 Å². The Kier molecular flexibility index (Phi) is 7.27. The smallest absolute Gasteiger partial charge is 0.268 e. The Balaban J connectivity index is 1.49. The van der Waals surface area contributed by atoms with E-state index in [1.165, 1.54) is 0 Å². The van der Waals surface area contributed by atoms with Crippen molar-refractivity contribution < 1.29 is 13.9 Å². The molecule has 0 radical (unpaired) electrons. The van der Waals surface area contributed by atoms with Gasteiger partial charge in [0.1, 0.15) is 17.7 Å². The lowest BCUT2D eigenvalue weighted by atomic mass is 10.0. The molecule has 0 aliphatic carbocycles. The van der Waals surface area contributed by atoms with Gasteiger partial charge in [-0.1, -0.05) is 23.7 Å². The second-order valence-corrected chi connectivity index (χ2v) is 8.57. The van der Waals surface area contributed by atoms with Crippen LogP contribution < -0.4 is 16.4 Å². The number of ether oxygens (including phenoxy) is 1. The number of alkyl halides is 1. The average molecular weight is 472 g/mol. The maximum Gasteiger partial charge on any atom is 0.268 e. The molecule has 1 fully saturated rings. The van der Waals surface area contributed by atoms with E-state index < -0.39 is 6.17 Å². The van der Waals surface area contributed by atoms with Gasteiger partial charge >= 0.3 is 0 Å². The number of carbonyl (C=O) groups excluding carboxylic acids is 1. The van der Waals surface area contributed by atoms with E-state index >= 15 is 0 Å². The van der Waals surface area contributed by atoms with Crippen molar-refractivity contribution in [1.29, 1.82) is 0 Å². The van der Waals surface area contributed by atoms with Gasteiger partial charge in [-0.05, 0) is 54.3 Å². The zero-order valence-electron chi connectivity index (χ0n) is 18.3. The van der Waals surface area contributed by atoms with E-state index in [1.54, 1.807) is 30.6 Å². The molecule has 174 valence electrons. The van der Waals surface area contributed by atoms with Crippen LogP contribution in [0.2, 0.25) is 5.02 Å². The molecule has 1 aliphatic heterocycles. The number of nitrogens with one attached hydrogen (secondary N) is 3. The normalized spacial score (nSPS) is 19.2. The summed E-state index contributed by atoms with van der Waals surface area (Å²) in [6, 6.07) is 10.2. The Morgan fingerprint density at radius 2 is 2.24 bits per heavy atom. The summed E-state index contributed by atoms with van der Waals surface area (Å²) < 4.78 is 19.3. The Labute approximate surface area is 196 Å². The van der Waals surface area contributed by atoms with Crippen molar-refractivity contribution in [2.75, 3.05) is 25.1 Å². The summed E-state index contributed by atoms with van der Waals surface area (Å²) in [5.41, 5.74) is 9.80. The predicted octanol–water partition coefficient (Wildman–Crippen LogP) is 4.01. The molecule has 3 heterocycles. The van der Waals surface area contributed by atoms with Crippen molar-refractivity contribution in [2.24, 2.45) is 5.73 Å². The van der Waals surface area contributed by atoms with Crippen molar-refractivity contribution in [3.63, 3.8) is 0 Å². The zero-order valence-corrected chi connectivity index (χ0v) is 19.0. The van der Waals surface area contributed by atoms with E-state index in [-0.39, 0.29) is 31.1 Å². The van der Waals surface area contributed by atoms with Gasteiger partial charge in [0.05, 0.1) is 18.7 Å². The molecule has 7 nitrogen and oxygen atoms in total. The van der Waals surface area contributed by atoms with Crippen LogP contribution in [0.25, 0.3) is 11.1 Å². The number of hydrogen-bond acceptors (Lipinski definition) is 5. The summed E-state index contributed by atoms with van der Waals surface area (Å²) >= 11 is 6.07. The fraction of sp³-hybridized carbons (Fsp3) is 0.333. The molecule has 2 aromatic heterocycles. The molecule has 0 spiro atoms. The highest BCUT2D eigenvalue weighted by molar-refractivity contribution is 6.30. The molecule has 5 N–H and O–H groups in total. The van der Waals surface area contributed by atoms with Crippen LogP contribution in [0, 0.1) is 6.92 Å². The third kappa shape index (κ3) is 5.52. The maximum atomic E-state index is 14.1. The van der Waals surface area contributed by atoms with Crippen molar-refractivity contribution in [3.8, 4) is 11.1 Å². The molecule has 1 amide bonds. The quantitative estimate of drug-likeness (QED) is 0.416. The summed E-state index contributed by atoms with van der Waals surface area (Å²) in [5.74, 6) is 0.311. The number of aromatic nitrogens is 2. The van der Waals surface area contributed by atoms with Crippen LogP contribution in [0.3, 0.4) is 0 Å². The maximum absolute atomic E-state index is 14.1. The van der Waals surface area contributed by atoms with Gasteiger partial charge in [0.15, 0.2) is 0 Å². The van der Waals surface area contributed by atoms with Crippen molar-refractivity contribution >= 4 is 23.3 Å². The van der Waals surface area contributed by atoms with E-state index in [0.29, 0.717) is 29.6 Å². The summed E-state index contributed by atoms with van der Waals surface area (Å²) in [6.07, 6.45) is 3.00. The molecule has 4 rings (SSSR count). The molecule has 3 aromatic rings. The van der Waals surface area contributed by atoms with Gasteiger partial charge in [0.2, 0.25) is 0 Å².